The average Bonchev–Trinajstić information content (AvgIpc) is 3.42. The van der Waals surface area contributed by atoms with Crippen LogP contribution in [0, 0.1) is 0 Å². The molecule has 314 valence electrons. The zero-order chi connectivity index (χ0) is 44.7. The fourth-order valence-corrected chi connectivity index (χ4v) is 10.9. The van der Waals surface area contributed by atoms with Crippen molar-refractivity contribution in [2.75, 3.05) is 0 Å². The molecule has 4 aromatic heterocycles. The fourth-order valence-electron chi connectivity index (χ4n) is 10.9. The van der Waals surface area contributed by atoms with Crippen LogP contribution in [-0.4, -0.2) is 19.9 Å². The molecular formula is C64H38N4. The lowest BCUT2D eigenvalue weighted by Crippen LogP contribution is -1.93. The first-order valence-electron chi connectivity index (χ1n) is 23.1. The summed E-state index contributed by atoms with van der Waals surface area (Å²) < 4.78 is 0. The smallest absolute Gasteiger partial charge is 0.0708 e. The van der Waals surface area contributed by atoms with Crippen LogP contribution in [0.15, 0.2) is 231 Å². The molecule has 0 saturated carbocycles. The highest BCUT2D eigenvalue weighted by molar-refractivity contribution is 6.31. The van der Waals surface area contributed by atoms with Crippen molar-refractivity contribution < 1.29 is 0 Å². The van der Waals surface area contributed by atoms with Crippen molar-refractivity contribution in [1.29, 1.82) is 0 Å². The molecule has 0 saturated heterocycles. The van der Waals surface area contributed by atoms with Gasteiger partial charge in [0, 0.05) is 58.8 Å². The highest BCUT2D eigenvalue weighted by Gasteiger charge is 2.20. The maximum absolute atomic E-state index is 5.19. The van der Waals surface area contributed by atoms with Gasteiger partial charge in [0.05, 0.1) is 17.1 Å². The standard InChI is InChI=1S/C64H38N4/c1-3-32-66-59(13-1)50-22-18-40-16-15-39-17-21-48(52-26-28-54(50)62(40)61(39)52)43-10-6-11-44(35-43)58-30-20-47(38-68-58)57-36-45-19-23-51(60-14-2-4-33-67-60)55-29-27-53-49(24-25-56(57)64(53)63(45)55)42-9-5-8-41(34-42)46-12-7-31-65-37-46/h1-38H. The van der Waals surface area contributed by atoms with Gasteiger partial charge in [0.1, 0.15) is 0 Å². The number of rotatable bonds is 7. The van der Waals surface area contributed by atoms with Gasteiger partial charge in [-0.15, -0.1) is 0 Å². The van der Waals surface area contributed by atoms with Crippen molar-refractivity contribution in [3.05, 3.63) is 231 Å². The molecule has 4 heteroatoms. The number of nitrogens with zero attached hydrogens (tertiary/aromatic N) is 4. The molecule has 14 aromatic rings. The average molecular weight is 863 g/mol. The highest BCUT2D eigenvalue weighted by atomic mass is 14.7. The monoisotopic (exact) mass is 862 g/mol. The van der Waals surface area contributed by atoms with E-state index in [9.17, 15) is 0 Å². The van der Waals surface area contributed by atoms with Crippen LogP contribution in [0.5, 0.6) is 0 Å². The van der Waals surface area contributed by atoms with Crippen LogP contribution in [0.2, 0.25) is 0 Å². The van der Waals surface area contributed by atoms with Gasteiger partial charge in [0.15, 0.2) is 0 Å². The highest BCUT2D eigenvalue weighted by Crippen LogP contribution is 2.47. The van der Waals surface area contributed by atoms with E-state index in [4.69, 9.17) is 15.0 Å². The van der Waals surface area contributed by atoms with E-state index in [1.807, 2.05) is 49.2 Å². The van der Waals surface area contributed by atoms with E-state index >= 15 is 0 Å². The molecule has 0 N–H and O–H groups in total. The molecule has 68 heavy (non-hydrogen) atoms. The topological polar surface area (TPSA) is 51.6 Å². The second-order valence-electron chi connectivity index (χ2n) is 17.7. The lowest BCUT2D eigenvalue weighted by Gasteiger charge is -2.19. The minimum atomic E-state index is 0.932. The van der Waals surface area contributed by atoms with Gasteiger partial charge in [-0.1, -0.05) is 146 Å². The molecule has 10 aromatic carbocycles. The van der Waals surface area contributed by atoms with Crippen molar-refractivity contribution in [2.45, 2.75) is 0 Å². The van der Waals surface area contributed by atoms with Crippen LogP contribution >= 0.6 is 0 Å². The third-order valence-electron chi connectivity index (χ3n) is 14.0. The zero-order valence-corrected chi connectivity index (χ0v) is 36.7. The van der Waals surface area contributed by atoms with Crippen LogP contribution in [0.25, 0.3) is 143 Å². The van der Waals surface area contributed by atoms with E-state index in [0.29, 0.717) is 0 Å². The first-order chi connectivity index (χ1) is 33.7. The first-order valence-corrected chi connectivity index (χ1v) is 23.1. The molecule has 4 nitrogen and oxygen atoms in total. The Kier molecular flexibility index (Phi) is 8.55. The Morgan fingerprint density at radius 2 is 0.750 bits per heavy atom. The molecule has 0 fully saturated rings. The number of hydrogen-bond donors (Lipinski definition) is 0. The van der Waals surface area contributed by atoms with Gasteiger partial charge in [0.25, 0.3) is 0 Å². The lowest BCUT2D eigenvalue weighted by molar-refractivity contribution is 1.33. The largest absolute Gasteiger partial charge is 0.264 e. The van der Waals surface area contributed by atoms with Gasteiger partial charge in [-0.2, -0.15) is 0 Å². The third kappa shape index (κ3) is 6.01. The Hall–Kier alpha value is -9.12. The van der Waals surface area contributed by atoms with Gasteiger partial charge in [-0.05, 0) is 153 Å². The van der Waals surface area contributed by atoms with Crippen LogP contribution in [0.3, 0.4) is 0 Å². The molecule has 0 atom stereocenters. The summed E-state index contributed by atoms with van der Waals surface area (Å²) in [5.41, 5.74) is 15.4. The van der Waals surface area contributed by atoms with Gasteiger partial charge in [-0.25, -0.2) is 0 Å². The Morgan fingerprint density at radius 3 is 1.37 bits per heavy atom. The molecule has 0 spiro atoms. The molecule has 0 unspecified atom stereocenters. The third-order valence-corrected chi connectivity index (χ3v) is 14.0. The summed E-state index contributed by atoms with van der Waals surface area (Å²) >= 11 is 0. The second kappa shape index (κ2) is 15.2. The summed E-state index contributed by atoms with van der Waals surface area (Å²) in [6.07, 6.45) is 9.54. The molecule has 0 aliphatic rings. The molecular weight excluding hydrogens is 825 g/mol. The number of pyridine rings is 4. The minimum absolute atomic E-state index is 0.932. The Bertz CT molecular complexity index is 4220. The Balaban J connectivity index is 0.883. The van der Waals surface area contributed by atoms with E-state index in [1.54, 1.807) is 0 Å². The van der Waals surface area contributed by atoms with E-state index in [0.717, 1.165) is 61.6 Å². The SMILES string of the molecule is c1ccc(-c2ccc3ccc4ccc(-c5cccc(-c6ccc(-c7cc8ccc(-c9ccccn9)c9ccc%10c(-c%11cccc(-c%12cccnc%12)c%11)ccc7c%10c89)cn6)c5)c5ccc2c3c45)nc1. The van der Waals surface area contributed by atoms with Gasteiger partial charge in [-0.3, -0.25) is 19.9 Å². The number of hydrogen-bond acceptors (Lipinski definition) is 4. The van der Waals surface area contributed by atoms with Crippen molar-refractivity contribution >= 4 is 64.6 Å². The maximum atomic E-state index is 5.19. The van der Waals surface area contributed by atoms with Crippen molar-refractivity contribution in [2.24, 2.45) is 0 Å². The van der Waals surface area contributed by atoms with E-state index < -0.39 is 0 Å². The van der Waals surface area contributed by atoms with E-state index in [1.165, 1.54) is 81.3 Å². The summed E-state index contributed by atoms with van der Waals surface area (Å²) in [5.74, 6) is 0. The van der Waals surface area contributed by atoms with Crippen LogP contribution in [0.4, 0.5) is 0 Å². The van der Waals surface area contributed by atoms with Crippen LogP contribution < -0.4 is 0 Å². The minimum Gasteiger partial charge on any atom is -0.264 e. The number of aromatic nitrogens is 4. The summed E-state index contributed by atoms with van der Waals surface area (Å²) in [4.78, 5) is 19.1. The molecule has 4 heterocycles. The van der Waals surface area contributed by atoms with Gasteiger partial charge in [0.2, 0.25) is 0 Å². The second-order valence-corrected chi connectivity index (χ2v) is 17.7. The van der Waals surface area contributed by atoms with E-state index in [-0.39, 0.29) is 0 Å². The predicted molar refractivity (Wildman–Crippen MR) is 283 cm³/mol. The molecule has 0 amide bonds. The predicted octanol–water partition coefficient (Wildman–Crippen LogP) is 16.7. The van der Waals surface area contributed by atoms with Crippen LogP contribution in [-0.2, 0) is 0 Å². The van der Waals surface area contributed by atoms with Gasteiger partial charge < -0.3 is 0 Å². The van der Waals surface area contributed by atoms with Crippen molar-refractivity contribution in [1.82, 2.24) is 19.9 Å². The summed E-state index contributed by atoms with van der Waals surface area (Å²) in [7, 11) is 0. The lowest BCUT2D eigenvalue weighted by atomic mass is 9.84. The van der Waals surface area contributed by atoms with Crippen LogP contribution in [0.1, 0.15) is 0 Å². The summed E-state index contributed by atoms with van der Waals surface area (Å²) in [5, 5.41) is 14.8. The van der Waals surface area contributed by atoms with Crippen molar-refractivity contribution in [3.63, 3.8) is 0 Å². The maximum Gasteiger partial charge on any atom is 0.0708 e. The summed E-state index contributed by atoms with van der Waals surface area (Å²) in [6.45, 7) is 0. The van der Waals surface area contributed by atoms with Gasteiger partial charge >= 0.3 is 0 Å². The van der Waals surface area contributed by atoms with E-state index in [2.05, 4.69) is 187 Å². The molecule has 0 aliphatic heterocycles. The molecule has 0 bridgehead atoms. The molecule has 0 aliphatic carbocycles. The first kappa shape index (κ1) is 38.2. The fraction of sp³-hybridized carbons (Fsp3) is 0. The Labute approximate surface area is 392 Å². The zero-order valence-electron chi connectivity index (χ0n) is 36.7. The molecule has 14 rings (SSSR count). The summed E-state index contributed by atoms with van der Waals surface area (Å²) in [6, 6.07) is 72.5. The normalized spacial score (nSPS) is 11.8. The Morgan fingerprint density at radius 1 is 0.235 bits per heavy atom. The van der Waals surface area contributed by atoms with Crippen molar-refractivity contribution in [3.8, 4) is 78.3 Å². The number of benzene rings is 10. The molecule has 0 radical (unpaired) electrons. The quantitative estimate of drug-likeness (QED) is 0.150.